The third kappa shape index (κ3) is 5.28. The Morgan fingerprint density at radius 1 is 0.875 bits per heavy atom. The van der Waals surface area contributed by atoms with Crippen LogP contribution in [-0.2, 0) is 6.18 Å². The van der Waals surface area contributed by atoms with Crippen molar-refractivity contribution in [1.29, 1.82) is 0 Å². The molecule has 0 bridgehead atoms. The first-order valence-corrected chi connectivity index (χ1v) is 9.24. The molecule has 0 spiro atoms. The Hall–Kier alpha value is -4.21. The number of hydrogen-bond acceptors (Lipinski definition) is 5. The molecule has 0 aliphatic heterocycles. The van der Waals surface area contributed by atoms with Crippen LogP contribution >= 0.6 is 0 Å². The van der Waals surface area contributed by atoms with Gasteiger partial charge in [0.25, 0.3) is 11.6 Å². The quantitative estimate of drug-likeness (QED) is 0.239. The molecule has 0 fully saturated rings. The number of nitrogens with one attached hydrogen (secondary N) is 2. The Bertz CT molecular complexity index is 1140. The van der Waals surface area contributed by atoms with Crippen molar-refractivity contribution in [3.05, 3.63) is 106 Å². The van der Waals surface area contributed by atoms with Crippen LogP contribution in [0.25, 0.3) is 0 Å². The summed E-state index contributed by atoms with van der Waals surface area (Å²) >= 11 is 0. The van der Waals surface area contributed by atoms with E-state index in [2.05, 4.69) is 10.6 Å². The summed E-state index contributed by atoms with van der Waals surface area (Å²) in [6, 6.07) is 17.6. The van der Waals surface area contributed by atoms with Crippen LogP contribution in [0.15, 0.2) is 78.9 Å². The number of ketones is 1. The van der Waals surface area contributed by atoms with Gasteiger partial charge in [0.15, 0.2) is 6.17 Å². The summed E-state index contributed by atoms with van der Waals surface area (Å²) < 4.78 is 38.9. The zero-order valence-corrected chi connectivity index (χ0v) is 16.3. The maximum atomic E-state index is 13.0. The molecule has 0 saturated heterocycles. The second-order valence-electron chi connectivity index (χ2n) is 6.63. The van der Waals surface area contributed by atoms with Crippen LogP contribution in [-0.4, -0.2) is 22.8 Å². The number of carbonyl (C=O) groups excluding carboxylic acids is 2. The Morgan fingerprint density at radius 2 is 1.44 bits per heavy atom. The maximum absolute atomic E-state index is 13.0. The summed E-state index contributed by atoms with van der Waals surface area (Å²) in [5, 5.41) is 16.4. The normalized spacial score (nSPS) is 12.0. The monoisotopic (exact) mass is 443 g/mol. The third-order valence-electron chi connectivity index (χ3n) is 4.45. The molecule has 0 aromatic heterocycles. The van der Waals surface area contributed by atoms with Crippen molar-refractivity contribution in [3.63, 3.8) is 0 Å². The van der Waals surface area contributed by atoms with Gasteiger partial charge in [0.2, 0.25) is 5.78 Å². The van der Waals surface area contributed by atoms with Gasteiger partial charge in [0, 0.05) is 17.2 Å². The van der Waals surface area contributed by atoms with E-state index in [-0.39, 0.29) is 16.8 Å². The first-order chi connectivity index (χ1) is 15.2. The van der Waals surface area contributed by atoms with Gasteiger partial charge in [-0.15, -0.1) is 0 Å². The van der Waals surface area contributed by atoms with Crippen molar-refractivity contribution in [3.8, 4) is 0 Å². The summed E-state index contributed by atoms with van der Waals surface area (Å²) in [5.74, 6) is -1.29. The minimum absolute atomic E-state index is 0.188. The number of anilines is 1. The number of Topliss-reactive ketones (excluding diaryl/α,β-unsaturated/α-hetero) is 1. The van der Waals surface area contributed by atoms with Crippen LogP contribution in [0.5, 0.6) is 0 Å². The summed E-state index contributed by atoms with van der Waals surface area (Å²) in [5.41, 5.74) is -2.05. The van der Waals surface area contributed by atoms with Crippen LogP contribution < -0.4 is 10.6 Å². The predicted octanol–water partition coefficient (Wildman–Crippen LogP) is 4.66. The molecule has 0 aliphatic rings. The molecule has 2 N–H and O–H groups in total. The SMILES string of the molecule is O=C(N[C@H](Nc1ccc(C(F)(F)F)cc1[N+](=O)[O-])C(=O)c1ccccc1)c1ccccc1. The maximum Gasteiger partial charge on any atom is 0.416 e. The van der Waals surface area contributed by atoms with Gasteiger partial charge < -0.3 is 10.6 Å². The molecule has 10 heteroatoms. The number of carbonyl (C=O) groups is 2. The fourth-order valence-corrected chi connectivity index (χ4v) is 2.88. The lowest BCUT2D eigenvalue weighted by molar-refractivity contribution is -0.384. The van der Waals surface area contributed by atoms with E-state index in [0.29, 0.717) is 12.1 Å². The number of nitro groups is 1. The van der Waals surface area contributed by atoms with Crippen LogP contribution in [0.4, 0.5) is 24.5 Å². The van der Waals surface area contributed by atoms with Gasteiger partial charge in [-0.05, 0) is 24.3 Å². The van der Waals surface area contributed by atoms with Gasteiger partial charge >= 0.3 is 6.18 Å². The lowest BCUT2D eigenvalue weighted by Gasteiger charge is -2.21. The number of benzene rings is 3. The molecule has 0 unspecified atom stereocenters. The summed E-state index contributed by atoms with van der Waals surface area (Å²) in [7, 11) is 0. The molecular formula is C22H16F3N3O4. The molecule has 0 saturated carbocycles. The molecule has 0 aliphatic carbocycles. The topological polar surface area (TPSA) is 101 Å². The number of hydrogen-bond donors (Lipinski definition) is 2. The van der Waals surface area contributed by atoms with E-state index in [1.165, 1.54) is 24.3 Å². The second kappa shape index (κ2) is 9.29. The van der Waals surface area contributed by atoms with Gasteiger partial charge in [-0.25, -0.2) is 0 Å². The molecular weight excluding hydrogens is 427 g/mol. The van der Waals surface area contributed by atoms with E-state index in [1.54, 1.807) is 36.4 Å². The molecule has 1 atom stereocenters. The highest BCUT2D eigenvalue weighted by molar-refractivity contribution is 6.05. The smallest absolute Gasteiger partial charge is 0.353 e. The van der Waals surface area contributed by atoms with Crippen LogP contribution in [0.1, 0.15) is 26.3 Å². The van der Waals surface area contributed by atoms with E-state index >= 15 is 0 Å². The zero-order valence-electron chi connectivity index (χ0n) is 16.3. The average molecular weight is 443 g/mol. The number of alkyl halides is 3. The molecule has 1 amide bonds. The molecule has 7 nitrogen and oxygen atoms in total. The fraction of sp³-hybridized carbons (Fsp3) is 0.0909. The third-order valence-corrected chi connectivity index (χ3v) is 4.45. The van der Waals surface area contributed by atoms with Gasteiger partial charge in [0.05, 0.1) is 10.5 Å². The first-order valence-electron chi connectivity index (χ1n) is 9.24. The van der Waals surface area contributed by atoms with E-state index in [9.17, 15) is 32.9 Å². The van der Waals surface area contributed by atoms with Crippen molar-refractivity contribution < 1.29 is 27.7 Å². The summed E-state index contributed by atoms with van der Waals surface area (Å²) in [6.45, 7) is 0. The lowest BCUT2D eigenvalue weighted by Crippen LogP contribution is -2.46. The Morgan fingerprint density at radius 3 is 1.97 bits per heavy atom. The van der Waals surface area contributed by atoms with E-state index in [1.807, 2.05) is 0 Å². The minimum atomic E-state index is -4.79. The van der Waals surface area contributed by atoms with Crippen LogP contribution in [0.2, 0.25) is 0 Å². The van der Waals surface area contributed by atoms with Gasteiger partial charge in [-0.1, -0.05) is 48.5 Å². The average Bonchev–Trinajstić information content (AvgIpc) is 2.78. The van der Waals surface area contributed by atoms with Crippen molar-refractivity contribution in [2.45, 2.75) is 12.3 Å². The minimum Gasteiger partial charge on any atom is -0.353 e. The summed E-state index contributed by atoms with van der Waals surface area (Å²) in [4.78, 5) is 36.0. The van der Waals surface area contributed by atoms with E-state index < -0.39 is 40.2 Å². The molecule has 164 valence electrons. The zero-order chi connectivity index (χ0) is 23.3. The molecule has 3 aromatic rings. The number of nitro benzene ring substituents is 1. The highest BCUT2D eigenvalue weighted by Gasteiger charge is 2.34. The van der Waals surface area contributed by atoms with E-state index in [4.69, 9.17) is 0 Å². The van der Waals surface area contributed by atoms with Crippen molar-refractivity contribution in [2.75, 3.05) is 5.32 Å². The highest BCUT2D eigenvalue weighted by atomic mass is 19.4. The van der Waals surface area contributed by atoms with Crippen molar-refractivity contribution in [2.24, 2.45) is 0 Å². The number of amides is 1. The molecule has 3 rings (SSSR count). The number of rotatable bonds is 7. The molecule has 0 heterocycles. The number of halogens is 3. The van der Waals surface area contributed by atoms with Gasteiger partial charge in [-0.2, -0.15) is 13.2 Å². The highest BCUT2D eigenvalue weighted by Crippen LogP contribution is 2.35. The summed E-state index contributed by atoms with van der Waals surface area (Å²) in [6.07, 6.45) is -6.27. The van der Waals surface area contributed by atoms with Crippen molar-refractivity contribution in [1.82, 2.24) is 5.32 Å². The largest absolute Gasteiger partial charge is 0.416 e. The predicted molar refractivity (Wildman–Crippen MR) is 110 cm³/mol. The number of nitrogens with zero attached hydrogens (tertiary/aromatic N) is 1. The van der Waals surface area contributed by atoms with Gasteiger partial charge in [0.1, 0.15) is 5.69 Å². The first kappa shape index (κ1) is 22.5. The van der Waals surface area contributed by atoms with Crippen LogP contribution in [0, 0.1) is 10.1 Å². The molecule has 0 radical (unpaired) electrons. The fourth-order valence-electron chi connectivity index (χ4n) is 2.88. The second-order valence-corrected chi connectivity index (χ2v) is 6.63. The van der Waals surface area contributed by atoms with Crippen molar-refractivity contribution >= 4 is 23.1 Å². The standard InChI is InChI=1S/C22H16F3N3O4/c23-22(24,25)16-11-12-17(18(13-16)28(31)32)26-20(19(29)14-7-3-1-4-8-14)27-21(30)15-9-5-2-6-10-15/h1-13,20,26H,(H,27,30)/t20-/m0/s1. The molecule has 32 heavy (non-hydrogen) atoms. The Kier molecular flexibility index (Phi) is 6.53. The Labute approximate surface area is 180 Å². The molecule has 3 aromatic carbocycles. The lowest BCUT2D eigenvalue weighted by atomic mass is 10.1. The van der Waals surface area contributed by atoms with E-state index in [0.717, 1.165) is 6.07 Å². The van der Waals surface area contributed by atoms with Gasteiger partial charge in [-0.3, -0.25) is 19.7 Å². The Balaban J connectivity index is 1.97. The van der Waals surface area contributed by atoms with Crippen LogP contribution in [0.3, 0.4) is 0 Å².